The van der Waals surface area contributed by atoms with Crippen molar-refractivity contribution < 1.29 is 4.74 Å². The zero-order valence-electron chi connectivity index (χ0n) is 12.7. The van der Waals surface area contributed by atoms with Gasteiger partial charge in [0.25, 0.3) is 0 Å². The first kappa shape index (κ1) is 15.8. The van der Waals surface area contributed by atoms with Crippen LogP contribution in [0.2, 0.25) is 0 Å². The maximum absolute atomic E-state index is 5.93. The number of halogens is 1. The second-order valence-corrected chi connectivity index (χ2v) is 6.80. The van der Waals surface area contributed by atoms with Gasteiger partial charge in [0.05, 0.1) is 6.54 Å². The van der Waals surface area contributed by atoms with Crippen LogP contribution in [0.3, 0.4) is 0 Å². The zero-order valence-corrected chi connectivity index (χ0v) is 14.3. The lowest BCUT2D eigenvalue weighted by Crippen LogP contribution is -2.17. The minimum Gasteiger partial charge on any atom is -0.491 e. The molecule has 1 aromatic heterocycles. The largest absolute Gasteiger partial charge is 0.491 e. The Morgan fingerprint density at radius 2 is 2.00 bits per heavy atom. The molecule has 0 atom stereocenters. The maximum atomic E-state index is 5.93. The van der Waals surface area contributed by atoms with Gasteiger partial charge in [-0.2, -0.15) is 0 Å². The number of rotatable bonds is 5. The van der Waals surface area contributed by atoms with Crippen molar-refractivity contribution in [3.8, 4) is 5.75 Å². The Kier molecular flexibility index (Phi) is 5.23. The lowest BCUT2D eigenvalue weighted by Gasteiger charge is -2.23. The van der Waals surface area contributed by atoms with Crippen LogP contribution in [0.4, 0.5) is 5.82 Å². The fourth-order valence-electron chi connectivity index (χ4n) is 2.02. The zero-order chi connectivity index (χ0) is 15.3. The average Bonchev–Trinajstić information content (AvgIpc) is 2.45. The molecule has 3 nitrogen and oxygen atoms in total. The fourth-order valence-corrected chi connectivity index (χ4v) is 2.38. The quantitative estimate of drug-likeness (QED) is 0.799. The summed E-state index contributed by atoms with van der Waals surface area (Å²) in [5.41, 5.74) is 1.25. The number of benzene rings is 1. The van der Waals surface area contributed by atoms with Crippen molar-refractivity contribution >= 4 is 21.7 Å². The smallest absolute Gasteiger partial charge is 0.125 e. The Balaban J connectivity index is 1.94. The van der Waals surface area contributed by atoms with Crippen LogP contribution in [-0.2, 0) is 5.41 Å². The second-order valence-electron chi connectivity index (χ2n) is 5.88. The van der Waals surface area contributed by atoms with Crippen molar-refractivity contribution in [1.29, 1.82) is 0 Å². The number of anilines is 1. The van der Waals surface area contributed by atoms with Crippen LogP contribution in [-0.4, -0.2) is 18.1 Å². The molecule has 0 aliphatic heterocycles. The van der Waals surface area contributed by atoms with Gasteiger partial charge in [-0.25, -0.2) is 4.98 Å². The highest BCUT2D eigenvalue weighted by Crippen LogP contribution is 2.33. The molecule has 0 aliphatic rings. The van der Waals surface area contributed by atoms with E-state index in [1.807, 2.05) is 30.3 Å². The van der Waals surface area contributed by atoms with Gasteiger partial charge in [0.2, 0.25) is 0 Å². The Morgan fingerprint density at radius 3 is 2.67 bits per heavy atom. The van der Waals surface area contributed by atoms with E-state index in [1.165, 1.54) is 5.56 Å². The van der Waals surface area contributed by atoms with E-state index in [0.29, 0.717) is 6.61 Å². The number of hydrogen-bond acceptors (Lipinski definition) is 3. The van der Waals surface area contributed by atoms with Gasteiger partial charge in [0, 0.05) is 16.2 Å². The van der Waals surface area contributed by atoms with Gasteiger partial charge in [-0.15, -0.1) is 0 Å². The Morgan fingerprint density at radius 1 is 1.19 bits per heavy atom. The average molecular weight is 349 g/mol. The Bertz CT molecular complexity index is 579. The topological polar surface area (TPSA) is 34.1 Å². The van der Waals surface area contributed by atoms with Crippen molar-refractivity contribution in [2.24, 2.45) is 0 Å². The van der Waals surface area contributed by atoms with Crippen LogP contribution in [0.5, 0.6) is 5.75 Å². The predicted octanol–water partition coefficient (Wildman–Crippen LogP) is 4.63. The van der Waals surface area contributed by atoms with Gasteiger partial charge in [-0.1, -0.05) is 42.8 Å². The van der Waals surface area contributed by atoms with E-state index in [0.717, 1.165) is 22.6 Å². The highest BCUT2D eigenvalue weighted by Gasteiger charge is 2.19. The molecule has 0 saturated carbocycles. The first-order chi connectivity index (χ1) is 9.97. The number of aromatic nitrogens is 1. The van der Waals surface area contributed by atoms with Crippen molar-refractivity contribution in [3.63, 3.8) is 0 Å². The van der Waals surface area contributed by atoms with Gasteiger partial charge in [-0.3, -0.25) is 0 Å². The number of hydrogen-bond donors (Lipinski definition) is 1. The first-order valence-electron chi connectivity index (χ1n) is 7.04. The molecule has 0 bridgehead atoms. The normalized spacial score (nSPS) is 11.2. The standard InChI is InChI=1S/C17H21BrN2O/c1-17(2,3)14-12-13(18)7-8-15(14)21-11-10-20-16-6-4-5-9-19-16/h4-9,12H,10-11H2,1-3H3,(H,19,20). The molecule has 0 spiro atoms. The summed E-state index contributed by atoms with van der Waals surface area (Å²) in [7, 11) is 0. The summed E-state index contributed by atoms with van der Waals surface area (Å²) in [6, 6.07) is 12.0. The Labute approximate surface area is 134 Å². The molecule has 21 heavy (non-hydrogen) atoms. The van der Waals surface area contributed by atoms with Crippen molar-refractivity contribution in [3.05, 3.63) is 52.6 Å². The minimum atomic E-state index is 0.0491. The molecule has 0 saturated heterocycles. The van der Waals surface area contributed by atoms with Gasteiger partial charge in [-0.05, 0) is 35.7 Å². The number of nitrogens with zero attached hydrogens (tertiary/aromatic N) is 1. The highest BCUT2D eigenvalue weighted by molar-refractivity contribution is 9.10. The summed E-state index contributed by atoms with van der Waals surface area (Å²) < 4.78 is 7.00. The molecule has 0 amide bonds. The molecule has 2 aromatic rings. The van der Waals surface area contributed by atoms with Gasteiger partial charge in [0.15, 0.2) is 0 Å². The van der Waals surface area contributed by atoms with Gasteiger partial charge < -0.3 is 10.1 Å². The molecule has 0 aliphatic carbocycles. The lowest BCUT2D eigenvalue weighted by atomic mass is 9.86. The molecule has 0 radical (unpaired) electrons. The molecule has 4 heteroatoms. The Hall–Kier alpha value is -1.55. The third kappa shape index (κ3) is 4.74. The lowest BCUT2D eigenvalue weighted by molar-refractivity contribution is 0.323. The molecule has 1 heterocycles. The van der Waals surface area contributed by atoms with Gasteiger partial charge in [0.1, 0.15) is 18.2 Å². The van der Waals surface area contributed by atoms with E-state index in [1.54, 1.807) is 6.20 Å². The van der Waals surface area contributed by atoms with Crippen LogP contribution in [0.1, 0.15) is 26.3 Å². The summed E-state index contributed by atoms with van der Waals surface area (Å²) in [4.78, 5) is 4.22. The van der Waals surface area contributed by atoms with E-state index in [4.69, 9.17) is 4.74 Å². The minimum absolute atomic E-state index is 0.0491. The summed E-state index contributed by atoms with van der Waals surface area (Å²) in [6.45, 7) is 7.88. The fraction of sp³-hybridized carbons (Fsp3) is 0.353. The van der Waals surface area contributed by atoms with E-state index in [9.17, 15) is 0 Å². The number of pyridine rings is 1. The van der Waals surface area contributed by atoms with Crippen LogP contribution >= 0.6 is 15.9 Å². The number of nitrogens with one attached hydrogen (secondary N) is 1. The summed E-state index contributed by atoms with van der Waals surface area (Å²) in [5, 5.41) is 3.24. The molecular formula is C17H21BrN2O. The van der Waals surface area contributed by atoms with Crippen molar-refractivity contribution in [2.75, 3.05) is 18.5 Å². The SMILES string of the molecule is CC(C)(C)c1cc(Br)ccc1OCCNc1ccccn1. The van der Waals surface area contributed by atoms with Crippen molar-refractivity contribution in [1.82, 2.24) is 4.98 Å². The van der Waals surface area contributed by atoms with E-state index in [-0.39, 0.29) is 5.41 Å². The monoisotopic (exact) mass is 348 g/mol. The maximum Gasteiger partial charge on any atom is 0.125 e. The van der Waals surface area contributed by atoms with Crippen LogP contribution < -0.4 is 10.1 Å². The van der Waals surface area contributed by atoms with Crippen molar-refractivity contribution in [2.45, 2.75) is 26.2 Å². The second kappa shape index (κ2) is 6.94. The predicted molar refractivity (Wildman–Crippen MR) is 91.1 cm³/mol. The summed E-state index contributed by atoms with van der Waals surface area (Å²) in [5.74, 6) is 1.81. The number of ether oxygens (including phenoxy) is 1. The third-order valence-corrected chi connectivity index (χ3v) is 3.57. The third-order valence-electron chi connectivity index (χ3n) is 3.08. The summed E-state index contributed by atoms with van der Waals surface area (Å²) in [6.07, 6.45) is 1.77. The molecule has 1 N–H and O–H groups in total. The first-order valence-corrected chi connectivity index (χ1v) is 7.84. The highest BCUT2D eigenvalue weighted by atomic mass is 79.9. The molecular weight excluding hydrogens is 328 g/mol. The molecule has 0 fully saturated rings. The summed E-state index contributed by atoms with van der Waals surface area (Å²) >= 11 is 3.53. The molecule has 0 unspecified atom stereocenters. The molecule has 1 aromatic carbocycles. The van der Waals surface area contributed by atoms with E-state index < -0.39 is 0 Å². The van der Waals surface area contributed by atoms with Crippen LogP contribution in [0.25, 0.3) is 0 Å². The molecule has 2 rings (SSSR count). The van der Waals surface area contributed by atoms with Crippen LogP contribution in [0.15, 0.2) is 47.1 Å². The van der Waals surface area contributed by atoms with Crippen LogP contribution in [0, 0.1) is 0 Å². The molecule has 112 valence electrons. The van der Waals surface area contributed by atoms with E-state index >= 15 is 0 Å². The van der Waals surface area contributed by atoms with Gasteiger partial charge >= 0.3 is 0 Å². The van der Waals surface area contributed by atoms with E-state index in [2.05, 4.69) is 53.1 Å².